The first-order valence-electron chi connectivity index (χ1n) is 5.32. The molecule has 0 aliphatic carbocycles. The minimum absolute atomic E-state index is 0.289. The summed E-state index contributed by atoms with van der Waals surface area (Å²) in [5.41, 5.74) is 1.43. The smallest absolute Gasteiger partial charge is 0.308 e. The second-order valence-corrected chi connectivity index (χ2v) is 6.49. The van der Waals surface area contributed by atoms with Gasteiger partial charge in [-0.25, -0.2) is 4.79 Å². The number of hydrogen-bond acceptors (Lipinski definition) is 1. The summed E-state index contributed by atoms with van der Waals surface area (Å²) in [7, 11) is 0. The number of amides is 2. The van der Waals surface area contributed by atoms with Gasteiger partial charge in [0, 0.05) is 24.8 Å². The van der Waals surface area contributed by atoms with Crippen molar-refractivity contribution in [1.82, 2.24) is 0 Å². The highest BCUT2D eigenvalue weighted by atomic mass is 79.9. The molecule has 0 bridgehead atoms. The van der Waals surface area contributed by atoms with Gasteiger partial charge in [-0.2, -0.15) is 0 Å². The number of rotatable bonds is 2. The fraction of sp³-hybridized carbons (Fsp3) is 0. The van der Waals surface area contributed by atoms with E-state index in [9.17, 15) is 4.79 Å². The zero-order chi connectivity index (χ0) is 13.8. The highest BCUT2D eigenvalue weighted by Crippen LogP contribution is 2.23. The van der Waals surface area contributed by atoms with Crippen LogP contribution in [0.5, 0.6) is 0 Å². The molecular formula is C13H9Br3N2O. The maximum absolute atomic E-state index is 11.8. The van der Waals surface area contributed by atoms with E-state index in [4.69, 9.17) is 0 Å². The minimum Gasteiger partial charge on any atom is -0.308 e. The molecule has 2 aromatic carbocycles. The van der Waals surface area contributed by atoms with Gasteiger partial charge in [-0.1, -0.05) is 53.9 Å². The monoisotopic (exact) mass is 446 g/mol. The summed E-state index contributed by atoms with van der Waals surface area (Å²) in [6.45, 7) is 0. The number of urea groups is 1. The average molecular weight is 449 g/mol. The third kappa shape index (κ3) is 4.63. The summed E-state index contributed by atoms with van der Waals surface area (Å²) < 4.78 is 2.69. The first-order valence-corrected chi connectivity index (χ1v) is 7.70. The molecule has 0 unspecified atom stereocenters. The van der Waals surface area contributed by atoms with Gasteiger partial charge < -0.3 is 10.6 Å². The van der Waals surface area contributed by atoms with Crippen LogP contribution in [-0.4, -0.2) is 6.03 Å². The Morgan fingerprint density at radius 3 is 2.00 bits per heavy atom. The number of hydrogen-bond donors (Lipinski definition) is 2. The molecule has 0 fully saturated rings. The van der Waals surface area contributed by atoms with Gasteiger partial charge in [0.1, 0.15) is 0 Å². The topological polar surface area (TPSA) is 41.1 Å². The van der Waals surface area contributed by atoms with Crippen molar-refractivity contribution in [3.8, 4) is 0 Å². The lowest BCUT2D eigenvalue weighted by Crippen LogP contribution is -2.19. The Balaban J connectivity index is 2.05. The average Bonchev–Trinajstić information content (AvgIpc) is 2.26. The number of anilines is 2. The van der Waals surface area contributed by atoms with E-state index >= 15 is 0 Å². The summed E-state index contributed by atoms with van der Waals surface area (Å²) >= 11 is 10.1. The lowest BCUT2D eigenvalue weighted by molar-refractivity contribution is 0.262. The van der Waals surface area contributed by atoms with Crippen LogP contribution in [0.15, 0.2) is 55.9 Å². The van der Waals surface area contributed by atoms with Gasteiger partial charge in [0.05, 0.1) is 0 Å². The molecule has 0 aliphatic rings. The van der Waals surface area contributed by atoms with Crippen molar-refractivity contribution in [3.63, 3.8) is 0 Å². The van der Waals surface area contributed by atoms with E-state index < -0.39 is 0 Å². The maximum atomic E-state index is 11.8. The van der Waals surface area contributed by atoms with Crippen LogP contribution in [0.4, 0.5) is 16.2 Å². The number of carbonyl (C=O) groups excluding carboxylic acids is 1. The zero-order valence-electron chi connectivity index (χ0n) is 9.58. The SMILES string of the molecule is O=C(Nc1cccc(Br)c1)Nc1cc(Br)cc(Br)c1. The fourth-order valence-electron chi connectivity index (χ4n) is 1.49. The van der Waals surface area contributed by atoms with E-state index in [0.29, 0.717) is 5.69 Å². The largest absolute Gasteiger partial charge is 0.323 e. The molecule has 0 atom stereocenters. The summed E-state index contributed by atoms with van der Waals surface area (Å²) in [5.74, 6) is 0. The third-order valence-electron chi connectivity index (χ3n) is 2.20. The molecule has 3 nitrogen and oxygen atoms in total. The van der Waals surface area contributed by atoms with Gasteiger partial charge >= 0.3 is 6.03 Å². The molecule has 0 aliphatic heterocycles. The Hall–Kier alpha value is -0.850. The minimum atomic E-state index is -0.289. The van der Waals surface area contributed by atoms with E-state index in [-0.39, 0.29) is 6.03 Å². The standard InChI is InChI=1S/C13H9Br3N2O/c14-8-2-1-3-11(5-8)17-13(19)18-12-6-9(15)4-10(16)7-12/h1-7H,(H2,17,18,19). The van der Waals surface area contributed by atoms with Gasteiger partial charge in [-0.05, 0) is 36.4 Å². The molecule has 2 N–H and O–H groups in total. The summed E-state index contributed by atoms with van der Waals surface area (Å²) in [4.78, 5) is 11.8. The van der Waals surface area contributed by atoms with E-state index in [1.165, 1.54) is 0 Å². The van der Waals surface area contributed by atoms with E-state index in [2.05, 4.69) is 58.4 Å². The maximum Gasteiger partial charge on any atom is 0.323 e. The number of nitrogens with one attached hydrogen (secondary N) is 2. The van der Waals surface area contributed by atoms with Crippen LogP contribution in [0.25, 0.3) is 0 Å². The first-order chi connectivity index (χ1) is 9.02. The van der Waals surface area contributed by atoms with Gasteiger partial charge in [0.25, 0.3) is 0 Å². The van der Waals surface area contributed by atoms with Crippen molar-refractivity contribution in [3.05, 3.63) is 55.9 Å². The van der Waals surface area contributed by atoms with Crippen LogP contribution in [0, 0.1) is 0 Å². The number of carbonyl (C=O) groups is 1. The Kier molecular flexibility index (Phi) is 5.01. The Morgan fingerprint density at radius 2 is 1.37 bits per heavy atom. The number of benzene rings is 2. The summed E-state index contributed by atoms with van der Waals surface area (Å²) in [6.07, 6.45) is 0. The van der Waals surface area contributed by atoms with E-state index in [1.807, 2.05) is 42.5 Å². The molecule has 2 amide bonds. The predicted molar refractivity (Wildman–Crippen MR) is 88.6 cm³/mol. The van der Waals surface area contributed by atoms with Crippen LogP contribution >= 0.6 is 47.8 Å². The molecule has 98 valence electrons. The Morgan fingerprint density at radius 1 is 0.789 bits per heavy atom. The lowest BCUT2D eigenvalue weighted by atomic mass is 10.3. The molecule has 0 radical (unpaired) electrons. The molecule has 19 heavy (non-hydrogen) atoms. The second kappa shape index (κ2) is 6.54. The van der Waals surface area contributed by atoms with Crippen LogP contribution < -0.4 is 10.6 Å². The highest BCUT2D eigenvalue weighted by molar-refractivity contribution is 9.11. The molecular weight excluding hydrogens is 440 g/mol. The van der Waals surface area contributed by atoms with Crippen molar-refractivity contribution >= 4 is 65.2 Å². The van der Waals surface area contributed by atoms with E-state index in [1.54, 1.807) is 0 Å². The van der Waals surface area contributed by atoms with Gasteiger partial charge in [0.15, 0.2) is 0 Å². The third-order valence-corrected chi connectivity index (χ3v) is 3.61. The molecule has 6 heteroatoms. The zero-order valence-corrected chi connectivity index (χ0v) is 14.3. The summed E-state index contributed by atoms with van der Waals surface area (Å²) in [5, 5.41) is 5.53. The van der Waals surface area contributed by atoms with Crippen LogP contribution in [0.2, 0.25) is 0 Å². The van der Waals surface area contributed by atoms with Crippen molar-refractivity contribution < 1.29 is 4.79 Å². The summed E-state index contributed by atoms with van der Waals surface area (Å²) in [6, 6.07) is 12.7. The quantitative estimate of drug-likeness (QED) is 0.615. The van der Waals surface area contributed by atoms with Crippen LogP contribution in [0.1, 0.15) is 0 Å². The molecule has 0 aromatic heterocycles. The fourth-order valence-corrected chi connectivity index (χ4v) is 3.18. The second-order valence-electron chi connectivity index (χ2n) is 3.75. The van der Waals surface area contributed by atoms with Crippen LogP contribution in [-0.2, 0) is 0 Å². The van der Waals surface area contributed by atoms with E-state index in [0.717, 1.165) is 19.1 Å². The van der Waals surface area contributed by atoms with Gasteiger partial charge in [0.2, 0.25) is 0 Å². The van der Waals surface area contributed by atoms with Crippen LogP contribution in [0.3, 0.4) is 0 Å². The normalized spacial score (nSPS) is 10.1. The predicted octanol–water partition coefficient (Wildman–Crippen LogP) is 5.62. The Labute approximate surface area is 136 Å². The number of halogens is 3. The highest BCUT2D eigenvalue weighted by Gasteiger charge is 2.04. The first kappa shape index (κ1) is 14.6. The van der Waals surface area contributed by atoms with Gasteiger partial charge in [-0.15, -0.1) is 0 Å². The van der Waals surface area contributed by atoms with Gasteiger partial charge in [-0.3, -0.25) is 0 Å². The Bertz CT molecular complexity index is 596. The van der Waals surface area contributed by atoms with Crippen molar-refractivity contribution in [1.29, 1.82) is 0 Å². The van der Waals surface area contributed by atoms with Crippen molar-refractivity contribution in [2.24, 2.45) is 0 Å². The molecule has 2 rings (SSSR count). The molecule has 0 heterocycles. The van der Waals surface area contributed by atoms with Crippen molar-refractivity contribution in [2.75, 3.05) is 10.6 Å². The van der Waals surface area contributed by atoms with Crippen molar-refractivity contribution in [2.45, 2.75) is 0 Å². The lowest BCUT2D eigenvalue weighted by Gasteiger charge is -2.08. The molecule has 2 aromatic rings. The molecule has 0 saturated heterocycles. The molecule has 0 spiro atoms. The molecule has 0 saturated carbocycles.